The zero-order chi connectivity index (χ0) is 15.5. The Morgan fingerprint density at radius 3 is 2.64 bits per heavy atom. The van der Waals surface area contributed by atoms with E-state index in [4.69, 9.17) is 20.3 Å². The lowest BCUT2D eigenvalue weighted by molar-refractivity contribution is -0.146. The Balaban J connectivity index is 1.65. The highest BCUT2D eigenvalue weighted by molar-refractivity contribution is 5.72. The lowest BCUT2D eigenvalue weighted by atomic mass is 9.86. The van der Waals surface area contributed by atoms with Crippen molar-refractivity contribution in [3.05, 3.63) is 6.20 Å². The molecule has 0 aromatic carbocycles. The summed E-state index contributed by atoms with van der Waals surface area (Å²) in [5, 5.41) is 4.69. The molecule has 1 aromatic rings. The van der Waals surface area contributed by atoms with Crippen LogP contribution >= 0.6 is 0 Å². The van der Waals surface area contributed by atoms with Crippen LogP contribution < -0.4 is 10.6 Å². The molecular weight excluding hydrogens is 284 g/mol. The molecule has 1 aliphatic heterocycles. The number of hydrogen-bond donors (Lipinski definition) is 1. The first kappa shape index (κ1) is 15.1. The van der Waals surface area contributed by atoms with E-state index in [1.54, 1.807) is 0 Å². The van der Waals surface area contributed by atoms with E-state index in [0.717, 1.165) is 63.5 Å². The van der Waals surface area contributed by atoms with Crippen LogP contribution in [0.25, 0.3) is 0 Å². The predicted molar refractivity (Wildman–Crippen MR) is 82.7 cm³/mol. The maximum Gasteiger partial charge on any atom is 0.308 e. The fraction of sp³-hybridized carbons (Fsp3) is 0.733. The molecule has 2 aliphatic rings. The van der Waals surface area contributed by atoms with Gasteiger partial charge < -0.3 is 20.1 Å². The van der Waals surface area contributed by atoms with Gasteiger partial charge in [-0.2, -0.15) is 5.10 Å². The minimum Gasteiger partial charge on any atom is -0.469 e. The van der Waals surface area contributed by atoms with Gasteiger partial charge in [0.2, 0.25) is 0 Å². The molecule has 2 heterocycles. The van der Waals surface area contributed by atoms with Gasteiger partial charge >= 0.3 is 5.97 Å². The van der Waals surface area contributed by atoms with E-state index in [1.165, 1.54) is 7.11 Å². The number of rotatable bonds is 3. The average molecular weight is 308 g/mol. The van der Waals surface area contributed by atoms with Crippen LogP contribution in [0, 0.1) is 5.92 Å². The summed E-state index contributed by atoms with van der Waals surface area (Å²) in [7, 11) is 1.46. The molecule has 22 heavy (non-hydrogen) atoms. The quantitative estimate of drug-likeness (QED) is 0.845. The zero-order valence-corrected chi connectivity index (χ0v) is 13.0. The molecule has 2 fully saturated rings. The van der Waals surface area contributed by atoms with Gasteiger partial charge in [0.15, 0.2) is 5.82 Å². The van der Waals surface area contributed by atoms with E-state index in [0.29, 0.717) is 6.04 Å². The van der Waals surface area contributed by atoms with Crippen molar-refractivity contribution in [3.63, 3.8) is 0 Å². The third-order valence-electron chi connectivity index (χ3n) is 4.66. The van der Waals surface area contributed by atoms with Crippen LogP contribution in [0.1, 0.15) is 31.7 Å². The first-order valence-corrected chi connectivity index (χ1v) is 7.94. The van der Waals surface area contributed by atoms with Crippen LogP contribution in [0.4, 0.5) is 11.5 Å². The van der Waals surface area contributed by atoms with Gasteiger partial charge in [-0.3, -0.25) is 9.48 Å². The molecule has 1 aliphatic carbocycles. The minimum absolute atomic E-state index is 0.0351. The van der Waals surface area contributed by atoms with Crippen molar-refractivity contribution in [1.82, 2.24) is 9.78 Å². The summed E-state index contributed by atoms with van der Waals surface area (Å²) < 4.78 is 12.2. The van der Waals surface area contributed by atoms with Crippen molar-refractivity contribution in [2.75, 3.05) is 44.0 Å². The van der Waals surface area contributed by atoms with E-state index in [2.05, 4.69) is 4.90 Å². The van der Waals surface area contributed by atoms with Crippen LogP contribution in [0.5, 0.6) is 0 Å². The van der Waals surface area contributed by atoms with Crippen LogP contribution in [0.3, 0.4) is 0 Å². The van der Waals surface area contributed by atoms with Crippen LogP contribution in [0.15, 0.2) is 6.20 Å². The second kappa shape index (κ2) is 6.56. The monoisotopic (exact) mass is 308 g/mol. The van der Waals surface area contributed by atoms with Gasteiger partial charge in [0.1, 0.15) is 0 Å². The lowest BCUT2D eigenvalue weighted by Gasteiger charge is -2.28. The van der Waals surface area contributed by atoms with Gasteiger partial charge in [0.05, 0.1) is 44.2 Å². The third-order valence-corrected chi connectivity index (χ3v) is 4.66. The molecule has 0 spiro atoms. The molecule has 0 radical (unpaired) electrons. The van der Waals surface area contributed by atoms with Crippen molar-refractivity contribution in [1.29, 1.82) is 0 Å². The van der Waals surface area contributed by atoms with Crippen molar-refractivity contribution >= 4 is 17.5 Å². The molecule has 7 heteroatoms. The molecule has 1 aromatic heterocycles. The van der Waals surface area contributed by atoms with Crippen LogP contribution in [-0.2, 0) is 14.3 Å². The summed E-state index contributed by atoms with van der Waals surface area (Å²) in [6.45, 7) is 3.10. The highest BCUT2D eigenvalue weighted by Crippen LogP contribution is 2.34. The van der Waals surface area contributed by atoms with Gasteiger partial charge in [-0.05, 0) is 25.7 Å². The molecule has 7 nitrogen and oxygen atoms in total. The van der Waals surface area contributed by atoms with Gasteiger partial charge in [-0.25, -0.2) is 0 Å². The second-order valence-corrected chi connectivity index (χ2v) is 6.02. The topological polar surface area (TPSA) is 82.6 Å². The number of aromatic nitrogens is 2. The van der Waals surface area contributed by atoms with Crippen LogP contribution in [0.2, 0.25) is 0 Å². The Hall–Kier alpha value is -1.76. The van der Waals surface area contributed by atoms with Crippen molar-refractivity contribution in [2.24, 2.45) is 5.92 Å². The fourth-order valence-electron chi connectivity index (χ4n) is 3.35. The lowest BCUT2D eigenvalue weighted by Crippen LogP contribution is -2.37. The normalized spacial score (nSPS) is 26.0. The first-order chi connectivity index (χ1) is 10.7. The van der Waals surface area contributed by atoms with E-state index in [1.807, 2.05) is 10.9 Å². The fourth-order valence-corrected chi connectivity index (χ4v) is 3.35. The Bertz CT molecular complexity index is 517. The molecule has 0 unspecified atom stereocenters. The second-order valence-electron chi connectivity index (χ2n) is 6.02. The van der Waals surface area contributed by atoms with Crippen LogP contribution in [-0.4, -0.2) is 49.2 Å². The Morgan fingerprint density at radius 2 is 2.00 bits per heavy atom. The highest BCUT2D eigenvalue weighted by atomic mass is 16.5. The minimum atomic E-state index is -0.0903. The number of esters is 1. The van der Waals surface area contributed by atoms with Gasteiger partial charge in [-0.15, -0.1) is 0 Å². The van der Waals surface area contributed by atoms with Crippen molar-refractivity contribution < 1.29 is 14.3 Å². The predicted octanol–water partition coefficient (Wildman–Crippen LogP) is 1.21. The average Bonchev–Trinajstić information content (AvgIpc) is 2.97. The Labute approximate surface area is 130 Å². The standard InChI is InChI=1S/C15H24N4O3/c1-21-15(20)11-2-4-12(5-3-11)19-10-13(16)14(17-19)18-6-8-22-9-7-18/h10-12H,2-9,16H2,1H3. The smallest absolute Gasteiger partial charge is 0.308 e. The number of carbonyl (C=O) groups is 1. The highest BCUT2D eigenvalue weighted by Gasteiger charge is 2.29. The van der Waals surface area contributed by atoms with E-state index < -0.39 is 0 Å². The summed E-state index contributed by atoms with van der Waals surface area (Å²) in [5.41, 5.74) is 6.86. The molecular formula is C15H24N4O3. The Morgan fingerprint density at radius 1 is 1.32 bits per heavy atom. The largest absolute Gasteiger partial charge is 0.469 e. The Kier molecular flexibility index (Phi) is 4.52. The first-order valence-electron chi connectivity index (χ1n) is 7.94. The number of nitrogen functional groups attached to an aromatic ring is 1. The zero-order valence-electron chi connectivity index (χ0n) is 13.0. The molecule has 2 N–H and O–H groups in total. The van der Waals surface area contributed by atoms with Gasteiger partial charge in [-0.1, -0.05) is 0 Å². The number of nitrogens with zero attached hydrogens (tertiary/aromatic N) is 3. The molecule has 0 atom stereocenters. The SMILES string of the molecule is COC(=O)C1CCC(n2cc(N)c(N3CCOCC3)n2)CC1. The number of nitrogens with two attached hydrogens (primary N) is 1. The third kappa shape index (κ3) is 3.04. The van der Waals surface area contributed by atoms with E-state index in [-0.39, 0.29) is 11.9 Å². The summed E-state index contributed by atoms with van der Waals surface area (Å²) in [4.78, 5) is 13.8. The number of morpholine rings is 1. The number of carbonyl (C=O) groups excluding carboxylic acids is 1. The number of hydrogen-bond acceptors (Lipinski definition) is 6. The number of ether oxygens (including phenoxy) is 2. The summed E-state index contributed by atoms with van der Waals surface area (Å²) in [5.74, 6) is 0.804. The van der Waals surface area contributed by atoms with Crippen molar-refractivity contribution in [2.45, 2.75) is 31.7 Å². The van der Waals surface area contributed by atoms with Gasteiger partial charge in [0, 0.05) is 13.1 Å². The molecule has 3 rings (SSSR count). The van der Waals surface area contributed by atoms with E-state index in [9.17, 15) is 4.79 Å². The summed E-state index contributed by atoms with van der Waals surface area (Å²) in [6, 6.07) is 0.318. The summed E-state index contributed by atoms with van der Waals surface area (Å²) in [6.07, 6.45) is 5.49. The molecule has 1 saturated heterocycles. The maximum atomic E-state index is 11.6. The number of anilines is 2. The number of methoxy groups -OCH3 is 1. The maximum absolute atomic E-state index is 11.6. The van der Waals surface area contributed by atoms with E-state index >= 15 is 0 Å². The molecule has 122 valence electrons. The van der Waals surface area contributed by atoms with Crippen molar-refractivity contribution in [3.8, 4) is 0 Å². The summed E-state index contributed by atoms with van der Waals surface area (Å²) >= 11 is 0. The van der Waals surface area contributed by atoms with Gasteiger partial charge in [0.25, 0.3) is 0 Å². The molecule has 0 amide bonds. The molecule has 1 saturated carbocycles. The molecule has 0 bridgehead atoms.